The Labute approximate surface area is 243 Å². The molecule has 3 amide bonds. The maximum absolute atomic E-state index is 13.3. The van der Waals surface area contributed by atoms with Crippen molar-refractivity contribution in [1.29, 1.82) is 0 Å². The van der Waals surface area contributed by atoms with Crippen LogP contribution in [0, 0.1) is 0 Å². The van der Waals surface area contributed by atoms with Crippen molar-refractivity contribution in [3.63, 3.8) is 0 Å². The summed E-state index contributed by atoms with van der Waals surface area (Å²) in [6.45, 7) is 6.89. The molecule has 1 N–H and O–H groups in total. The number of likely N-dealkylation sites (N-methyl/N-ethyl adjacent to an activating group) is 1. The van der Waals surface area contributed by atoms with Gasteiger partial charge in [-0.25, -0.2) is 9.59 Å². The van der Waals surface area contributed by atoms with Crippen molar-refractivity contribution < 1.29 is 19.1 Å². The van der Waals surface area contributed by atoms with Crippen LogP contribution in [0.15, 0.2) is 53.7 Å². The highest BCUT2D eigenvalue weighted by molar-refractivity contribution is 6.42. The van der Waals surface area contributed by atoms with Crippen molar-refractivity contribution in [1.82, 2.24) is 20.0 Å². The Morgan fingerprint density at radius 1 is 0.974 bits per heavy atom. The minimum atomic E-state index is -0.751. The SMILES string of the molecule is CCOC(=O)C1=C(CN2CCCN(C(=O)c3ccc(Cl)cc3)CC2)N(CC)C(=O)N[C@@H]1c1ccc(Cl)c(Cl)c1. The molecule has 0 saturated carbocycles. The third-order valence-electron chi connectivity index (χ3n) is 6.87. The van der Waals surface area contributed by atoms with Crippen LogP contribution in [0.5, 0.6) is 0 Å². The van der Waals surface area contributed by atoms with E-state index < -0.39 is 12.0 Å². The first-order valence-electron chi connectivity index (χ1n) is 12.9. The van der Waals surface area contributed by atoms with Crippen LogP contribution < -0.4 is 5.32 Å². The maximum Gasteiger partial charge on any atom is 0.338 e. The minimum absolute atomic E-state index is 0.0492. The molecule has 11 heteroatoms. The molecule has 0 aromatic heterocycles. The van der Waals surface area contributed by atoms with Crippen LogP contribution in [0.25, 0.3) is 0 Å². The van der Waals surface area contributed by atoms with Crippen LogP contribution in [0.2, 0.25) is 15.1 Å². The van der Waals surface area contributed by atoms with Gasteiger partial charge in [0.25, 0.3) is 5.91 Å². The molecule has 1 saturated heterocycles. The van der Waals surface area contributed by atoms with E-state index in [1.54, 1.807) is 54.3 Å². The zero-order valence-corrected chi connectivity index (χ0v) is 24.2. The van der Waals surface area contributed by atoms with Crippen molar-refractivity contribution in [2.45, 2.75) is 26.3 Å². The smallest absolute Gasteiger partial charge is 0.338 e. The Kier molecular flexibility index (Phi) is 9.77. The lowest BCUT2D eigenvalue weighted by atomic mass is 9.94. The van der Waals surface area contributed by atoms with Gasteiger partial charge in [0.05, 0.1) is 28.3 Å². The third-order valence-corrected chi connectivity index (χ3v) is 7.86. The van der Waals surface area contributed by atoms with Gasteiger partial charge in [-0.05, 0) is 62.2 Å². The predicted octanol–water partition coefficient (Wildman–Crippen LogP) is 5.40. The number of esters is 1. The quantitative estimate of drug-likeness (QED) is 0.435. The standard InChI is InChI=1S/C28H31Cl3N4O4/c1-3-35-23(17-33-12-5-13-34(15-14-33)26(36)18-6-9-20(29)10-7-18)24(27(37)39-4-2)25(32-28(35)38)19-8-11-21(30)22(31)16-19/h6-11,16,25H,3-5,12-15,17H2,1-2H3,(H,32,38)/t25-/m1/s1. The average molecular weight is 594 g/mol. The summed E-state index contributed by atoms with van der Waals surface area (Å²) in [5.74, 6) is -0.553. The molecule has 2 aromatic rings. The number of halogens is 3. The molecule has 4 rings (SSSR count). The maximum atomic E-state index is 13.3. The molecule has 0 aliphatic carbocycles. The van der Waals surface area contributed by atoms with E-state index in [9.17, 15) is 14.4 Å². The second-order valence-corrected chi connectivity index (χ2v) is 10.6. The van der Waals surface area contributed by atoms with E-state index in [2.05, 4.69) is 10.2 Å². The highest BCUT2D eigenvalue weighted by Crippen LogP contribution is 2.35. The first-order valence-corrected chi connectivity index (χ1v) is 14.1. The third kappa shape index (κ3) is 6.69. The molecule has 2 aliphatic rings. The highest BCUT2D eigenvalue weighted by Gasteiger charge is 2.38. The monoisotopic (exact) mass is 592 g/mol. The van der Waals surface area contributed by atoms with Gasteiger partial charge in [0, 0.05) is 55.6 Å². The highest BCUT2D eigenvalue weighted by atomic mass is 35.5. The summed E-state index contributed by atoms with van der Waals surface area (Å²) in [4.78, 5) is 45.2. The number of ether oxygens (including phenoxy) is 1. The van der Waals surface area contributed by atoms with Crippen molar-refractivity contribution in [2.75, 3.05) is 45.9 Å². The lowest BCUT2D eigenvalue weighted by molar-refractivity contribution is -0.139. The Morgan fingerprint density at radius 2 is 1.72 bits per heavy atom. The van der Waals surface area contributed by atoms with Crippen LogP contribution in [0.4, 0.5) is 4.79 Å². The van der Waals surface area contributed by atoms with Crippen LogP contribution in [-0.2, 0) is 9.53 Å². The van der Waals surface area contributed by atoms with E-state index in [1.807, 2.05) is 11.8 Å². The molecule has 2 aromatic carbocycles. The first-order chi connectivity index (χ1) is 18.7. The summed E-state index contributed by atoms with van der Waals surface area (Å²) in [6, 6.07) is 10.8. The Morgan fingerprint density at radius 3 is 2.38 bits per heavy atom. The van der Waals surface area contributed by atoms with Crippen molar-refractivity contribution >= 4 is 52.7 Å². The van der Waals surface area contributed by atoms with Gasteiger partial charge < -0.3 is 15.0 Å². The molecule has 2 heterocycles. The van der Waals surface area contributed by atoms with Gasteiger partial charge in [0.1, 0.15) is 0 Å². The number of carbonyl (C=O) groups is 3. The number of nitrogens with one attached hydrogen (secondary N) is 1. The molecular formula is C28H31Cl3N4O4. The van der Waals surface area contributed by atoms with Crippen molar-refractivity contribution in [3.05, 3.63) is 79.9 Å². The van der Waals surface area contributed by atoms with Crippen LogP contribution in [0.3, 0.4) is 0 Å². The minimum Gasteiger partial charge on any atom is -0.463 e. The summed E-state index contributed by atoms with van der Waals surface area (Å²) in [6.07, 6.45) is 0.746. The lowest BCUT2D eigenvalue weighted by Gasteiger charge is -2.38. The number of hydrogen-bond acceptors (Lipinski definition) is 5. The summed E-state index contributed by atoms with van der Waals surface area (Å²) in [5.41, 5.74) is 2.15. The van der Waals surface area contributed by atoms with Gasteiger partial charge in [-0.15, -0.1) is 0 Å². The second-order valence-electron chi connectivity index (χ2n) is 9.31. The van der Waals surface area contributed by atoms with E-state index in [1.165, 1.54) is 0 Å². The van der Waals surface area contributed by atoms with Crippen LogP contribution in [-0.4, -0.2) is 78.5 Å². The van der Waals surface area contributed by atoms with Gasteiger partial charge in [0.2, 0.25) is 0 Å². The fourth-order valence-electron chi connectivity index (χ4n) is 4.92. The molecule has 208 valence electrons. The van der Waals surface area contributed by atoms with Crippen molar-refractivity contribution in [2.24, 2.45) is 0 Å². The number of amides is 3. The number of carbonyl (C=O) groups excluding carboxylic acids is 3. The summed E-state index contributed by atoms with van der Waals surface area (Å²) < 4.78 is 5.45. The number of hydrogen-bond donors (Lipinski definition) is 1. The summed E-state index contributed by atoms with van der Waals surface area (Å²) in [7, 11) is 0. The van der Waals surface area contributed by atoms with Gasteiger partial charge in [-0.2, -0.15) is 0 Å². The van der Waals surface area contributed by atoms with E-state index in [-0.39, 0.29) is 18.5 Å². The molecule has 39 heavy (non-hydrogen) atoms. The topological polar surface area (TPSA) is 82.2 Å². The molecular weight excluding hydrogens is 563 g/mol. The predicted molar refractivity (Wildman–Crippen MR) is 152 cm³/mol. The summed E-state index contributed by atoms with van der Waals surface area (Å²) >= 11 is 18.4. The Balaban J connectivity index is 1.63. The molecule has 2 aliphatic heterocycles. The van der Waals surface area contributed by atoms with Gasteiger partial charge in [0.15, 0.2) is 0 Å². The summed E-state index contributed by atoms with van der Waals surface area (Å²) in [5, 5.41) is 4.22. The average Bonchev–Trinajstić information content (AvgIpc) is 3.16. The zero-order chi connectivity index (χ0) is 28.1. The molecule has 1 fully saturated rings. The van der Waals surface area contributed by atoms with Crippen LogP contribution >= 0.6 is 34.8 Å². The molecule has 0 spiro atoms. The largest absolute Gasteiger partial charge is 0.463 e. The Hall–Kier alpha value is -2.78. The molecule has 0 radical (unpaired) electrons. The lowest BCUT2D eigenvalue weighted by Crippen LogP contribution is -2.51. The van der Waals surface area contributed by atoms with E-state index in [0.29, 0.717) is 76.7 Å². The fourth-order valence-corrected chi connectivity index (χ4v) is 5.35. The van der Waals surface area contributed by atoms with E-state index in [4.69, 9.17) is 39.5 Å². The zero-order valence-electron chi connectivity index (χ0n) is 21.9. The number of nitrogens with zero attached hydrogens (tertiary/aromatic N) is 3. The second kappa shape index (κ2) is 13.0. The Bertz CT molecular complexity index is 1270. The van der Waals surface area contributed by atoms with Gasteiger partial charge in [-0.3, -0.25) is 14.6 Å². The van der Waals surface area contributed by atoms with Crippen LogP contribution in [0.1, 0.15) is 42.2 Å². The fraction of sp³-hybridized carbons (Fsp3) is 0.393. The van der Waals surface area contributed by atoms with Crippen molar-refractivity contribution in [3.8, 4) is 0 Å². The molecule has 0 bridgehead atoms. The van der Waals surface area contributed by atoms with Gasteiger partial charge in [-0.1, -0.05) is 40.9 Å². The molecule has 8 nitrogen and oxygen atoms in total. The number of rotatable bonds is 7. The number of urea groups is 1. The molecule has 1 atom stereocenters. The van der Waals surface area contributed by atoms with Gasteiger partial charge >= 0.3 is 12.0 Å². The molecule has 0 unspecified atom stereocenters. The first kappa shape index (κ1) is 29.2. The van der Waals surface area contributed by atoms with E-state index in [0.717, 1.165) is 6.42 Å². The van der Waals surface area contributed by atoms with E-state index >= 15 is 0 Å². The normalized spacial score (nSPS) is 18.6. The number of benzene rings is 2.